The number of thiol groups is 1. The van der Waals surface area contributed by atoms with Gasteiger partial charge in [-0.3, -0.25) is 0 Å². The van der Waals surface area contributed by atoms with Crippen LogP contribution in [0.1, 0.15) is 36.7 Å². The van der Waals surface area contributed by atoms with E-state index in [1.807, 2.05) is 6.20 Å². The van der Waals surface area contributed by atoms with Crippen LogP contribution < -0.4 is 0 Å². The smallest absolute Gasteiger partial charge is 0.107 e. The van der Waals surface area contributed by atoms with Crippen LogP contribution in [0.3, 0.4) is 0 Å². The minimum atomic E-state index is 0.770. The van der Waals surface area contributed by atoms with Crippen LogP contribution in [-0.4, -0.2) is 15.7 Å². The van der Waals surface area contributed by atoms with Crippen molar-refractivity contribution in [2.75, 3.05) is 5.75 Å². The lowest BCUT2D eigenvalue weighted by atomic mass is 9.83. The normalized spacial score (nSPS) is 17.8. The van der Waals surface area contributed by atoms with Crippen LogP contribution in [0.4, 0.5) is 0 Å². The van der Waals surface area contributed by atoms with Crippen molar-refractivity contribution < 1.29 is 0 Å². The first-order valence-corrected chi connectivity index (χ1v) is 5.18. The summed E-state index contributed by atoms with van der Waals surface area (Å²) in [5.41, 5.74) is 1.33. The summed E-state index contributed by atoms with van der Waals surface area (Å²) >= 11 is 4.17. The van der Waals surface area contributed by atoms with Gasteiger partial charge >= 0.3 is 0 Å². The van der Waals surface area contributed by atoms with Crippen LogP contribution in [0.25, 0.3) is 0 Å². The highest BCUT2D eigenvalue weighted by Gasteiger charge is 2.20. The van der Waals surface area contributed by atoms with Gasteiger partial charge in [-0.05, 0) is 18.6 Å². The molecule has 0 atom stereocenters. The molecule has 2 rings (SSSR count). The summed E-state index contributed by atoms with van der Waals surface area (Å²) in [6, 6.07) is 0. The first-order valence-electron chi connectivity index (χ1n) is 4.55. The van der Waals surface area contributed by atoms with E-state index in [-0.39, 0.29) is 0 Å². The van der Waals surface area contributed by atoms with Crippen molar-refractivity contribution in [3.63, 3.8) is 0 Å². The maximum atomic E-state index is 4.30. The number of nitrogens with one attached hydrogen (secondary N) is 1. The number of nitrogens with zero attached hydrogens (tertiary/aromatic N) is 1. The molecule has 3 heteroatoms. The number of aromatic amines is 1. The molecule has 0 aliphatic heterocycles. The van der Waals surface area contributed by atoms with E-state index in [1.54, 1.807) is 0 Å². The first kappa shape index (κ1) is 8.17. The lowest BCUT2D eigenvalue weighted by Crippen LogP contribution is -2.08. The molecule has 0 saturated heterocycles. The molecule has 66 valence electrons. The summed E-state index contributed by atoms with van der Waals surface area (Å²) in [7, 11) is 0. The molecular formula is C9H14N2S. The van der Waals surface area contributed by atoms with Gasteiger partial charge in [-0.2, -0.15) is 12.6 Å². The van der Waals surface area contributed by atoms with Crippen molar-refractivity contribution in [1.29, 1.82) is 0 Å². The van der Waals surface area contributed by atoms with Crippen LogP contribution in [0.15, 0.2) is 6.20 Å². The molecule has 0 bridgehead atoms. The van der Waals surface area contributed by atoms with Crippen molar-refractivity contribution >= 4 is 12.6 Å². The van der Waals surface area contributed by atoms with Crippen LogP contribution in [-0.2, 0) is 6.42 Å². The van der Waals surface area contributed by atoms with E-state index in [0.29, 0.717) is 0 Å². The molecule has 1 saturated carbocycles. The van der Waals surface area contributed by atoms with E-state index in [1.165, 1.54) is 25.0 Å². The molecule has 0 radical (unpaired) electrons. The van der Waals surface area contributed by atoms with E-state index in [0.717, 1.165) is 23.9 Å². The van der Waals surface area contributed by atoms with Gasteiger partial charge in [0.1, 0.15) is 5.82 Å². The second-order valence-corrected chi connectivity index (χ2v) is 3.83. The standard InChI is InChI=1S/C9H14N2S/c12-5-4-9-10-6-8(11-9)7-2-1-3-7/h6-7,12H,1-5H2,(H,10,11). The van der Waals surface area contributed by atoms with Gasteiger partial charge < -0.3 is 4.98 Å². The minimum Gasteiger partial charge on any atom is -0.346 e. The summed E-state index contributed by atoms with van der Waals surface area (Å²) in [5.74, 6) is 2.73. The molecule has 0 unspecified atom stereocenters. The third-order valence-corrected chi connectivity index (χ3v) is 2.77. The predicted octanol–water partition coefficient (Wildman–Crippen LogP) is 2.15. The second kappa shape index (κ2) is 3.52. The molecule has 12 heavy (non-hydrogen) atoms. The van der Waals surface area contributed by atoms with E-state index in [4.69, 9.17) is 0 Å². The number of rotatable bonds is 3. The van der Waals surface area contributed by atoms with E-state index < -0.39 is 0 Å². The molecule has 2 nitrogen and oxygen atoms in total. The first-order chi connectivity index (χ1) is 5.90. The van der Waals surface area contributed by atoms with Crippen LogP contribution in [0.5, 0.6) is 0 Å². The average molecular weight is 182 g/mol. The lowest BCUT2D eigenvalue weighted by molar-refractivity contribution is 0.412. The molecule has 1 fully saturated rings. The van der Waals surface area contributed by atoms with Gasteiger partial charge in [0.15, 0.2) is 0 Å². The van der Waals surface area contributed by atoms with Gasteiger partial charge in [-0.15, -0.1) is 0 Å². The minimum absolute atomic E-state index is 0.770. The number of hydrogen-bond acceptors (Lipinski definition) is 2. The fraction of sp³-hybridized carbons (Fsp3) is 0.667. The number of aryl methyl sites for hydroxylation is 1. The maximum Gasteiger partial charge on any atom is 0.107 e. The van der Waals surface area contributed by atoms with E-state index >= 15 is 0 Å². The Bertz CT molecular complexity index is 253. The van der Waals surface area contributed by atoms with Gasteiger partial charge in [-0.1, -0.05) is 6.42 Å². The van der Waals surface area contributed by atoms with Gasteiger partial charge in [0.25, 0.3) is 0 Å². The maximum absolute atomic E-state index is 4.30. The molecule has 0 amide bonds. The Kier molecular flexibility index (Phi) is 2.40. The quantitative estimate of drug-likeness (QED) is 0.689. The molecule has 1 N–H and O–H groups in total. The SMILES string of the molecule is SCCc1ncc(C2CCC2)[nH]1. The van der Waals surface area contributed by atoms with Gasteiger partial charge in [0.05, 0.1) is 0 Å². The van der Waals surface area contributed by atoms with Gasteiger partial charge in [0.2, 0.25) is 0 Å². The predicted molar refractivity (Wildman–Crippen MR) is 52.7 cm³/mol. The molecule has 0 spiro atoms. The van der Waals surface area contributed by atoms with Gasteiger partial charge in [-0.25, -0.2) is 4.98 Å². The third-order valence-electron chi connectivity index (χ3n) is 2.54. The van der Waals surface area contributed by atoms with Crippen molar-refractivity contribution in [1.82, 2.24) is 9.97 Å². The average Bonchev–Trinajstić information content (AvgIpc) is 2.34. The van der Waals surface area contributed by atoms with E-state index in [9.17, 15) is 0 Å². The number of imidazole rings is 1. The Morgan fingerprint density at radius 3 is 3.00 bits per heavy atom. The summed E-state index contributed by atoms with van der Waals surface area (Å²) in [6.07, 6.45) is 7.00. The Morgan fingerprint density at radius 1 is 1.58 bits per heavy atom. The number of aromatic nitrogens is 2. The summed E-state index contributed by atoms with van der Waals surface area (Å²) in [4.78, 5) is 7.66. The monoisotopic (exact) mass is 182 g/mol. The second-order valence-electron chi connectivity index (χ2n) is 3.39. The molecule has 1 aromatic heterocycles. The summed E-state index contributed by atoms with van der Waals surface area (Å²) in [5, 5.41) is 0. The van der Waals surface area contributed by atoms with Gasteiger partial charge in [0, 0.05) is 24.2 Å². The molecule has 1 heterocycles. The topological polar surface area (TPSA) is 28.7 Å². The van der Waals surface area contributed by atoms with Crippen LogP contribution >= 0.6 is 12.6 Å². The van der Waals surface area contributed by atoms with Crippen molar-refractivity contribution in [2.24, 2.45) is 0 Å². The van der Waals surface area contributed by atoms with Crippen molar-refractivity contribution in [2.45, 2.75) is 31.6 Å². The highest BCUT2D eigenvalue weighted by Crippen LogP contribution is 2.35. The molecule has 1 aromatic rings. The van der Waals surface area contributed by atoms with E-state index in [2.05, 4.69) is 22.6 Å². The molecule has 0 aromatic carbocycles. The Labute approximate surface area is 78.2 Å². The zero-order chi connectivity index (χ0) is 8.39. The zero-order valence-corrected chi connectivity index (χ0v) is 7.98. The van der Waals surface area contributed by atoms with Crippen molar-refractivity contribution in [3.05, 3.63) is 17.7 Å². The zero-order valence-electron chi connectivity index (χ0n) is 7.08. The fourth-order valence-corrected chi connectivity index (χ4v) is 1.75. The fourth-order valence-electron chi connectivity index (χ4n) is 1.54. The summed E-state index contributed by atoms with van der Waals surface area (Å²) < 4.78 is 0. The third kappa shape index (κ3) is 1.51. The molecular weight excluding hydrogens is 168 g/mol. The highest BCUT2D eigenvalue weighted by molar-refractivity contribution is 7.80. The van der Waals surface area contributed by atoms with Crippen LogP contribution in [0, 0.1) is 0 Å². The molecule has 1 aliphatic rings. The molecule has 1 aliphatic carbocycles. The Hall–Kier alpha value is -0.440. The number of hydrogen-bond donors (Lipinski definition) is 2. The van der Waals surface area contributed by atoms with Crippen LogP contribution in [0.2, 0.25) is 0 Å². The Balaban J connectivity index is 2.02. The number of H-pyrrole nitrogens is 1. The van der Waals surface area contributed by atoms with Crippen molar-refractivity contribution in [3.8, 4) is 0 Å². The largest absolute Gasteiger partial charge is 0.346 e. The lowest BCUT2D eigenvalue weighted by Gasteiger charge is -2.23. The highest BCUT2D eigenvalue weighted by atomic mass is 32.1. The summed E-state index contributed by atoms with van der Waals surface area (Å²) in [6.45, 7) is 0. The Morgan fingerprint density at radius 2 is 2.42 bits per heavy atom.